The van der Waals surface area contributed by atoms with Gasteiger partial charge >= 0.3 is 0 Å². The van der Waals surface area contributed by atoms with Crippen molar-refractivity contribution in [3.63, 3.8) is 0 Å². The zero-order chi connectivity index (χ0) is 13.7. The normalized spacial score (nSPS) is 15.1. The molecule has 0 aliphatic carbocycles. The summed E-state index contributed by atoms with van der Waals surface area (Å²) < 4.78 is 1.08. The zero-order valence-corrected chi connectivity index (χ0v) is 12.6. The Bertz CT molecular complexity index is 455. The van der Waals surface area contributed by atoms with E-state index in [1.165, 1.54) is 0 Å². The summed E-state index contributed by atoms with van der Waals surface area (Å²) in [7, 11) is 0. The third-order valence-corrected chi connectivity index (χ3v) is 3.70. The molecule has 5 nitrogen and oxygen atoms in total. The Kier molecular flexibility index (Phi) is 5.15. The van der Waals surface area contributed by atoms with Crippen molar-refractivity contribution in [3.8, 4) is 0 Å². The molecule has 1 aromatic rings. The van der Waals surface area contributed by atoms with Crippen LogP contribution >= 0.6 is 22.6 Å². The smallest absolute Gasteiger partial charge is 0.251 e. The molecule has 1 fully saturated rings. The second-order valence-corrected chi connectivity index (χ2v) is 5.57. The summed E-state index contributed by atoms with van der Waals surface area (Å²) in [5, 5.41) is 5.85. The standard InChI is InChI=1S/C13H16IN3O2/c14-11-3-1-10(2-4-11)13(19)16-9-12(18)17-7-5-15-6-8-17/h1-4,15H,5-9H2,(H,16,19). The minimum absolute atomic E-state index is 0.0274. The first-order valence-corrected chi connectivity index (χ1v) is 7.27. The van der Waals surface area contributed by atoms with Crippen LogP contribution in [0.4, 0.5) is 0 Å². The lowest BCUT2D eigenvalue weighted by molar-refractivity contribution is -0.130. The van der Waals surface area contributed by atoms with E-state index in [0.29, 0.717) is 18.7 Å². The van der Waals surface area contributed by atoms with Gasteiger partial charge in [-0.05, 0) is 46.9 Å². The van der Waals surface area contributed by atoms with Crippen LogP contribution in [0.15, 0.2) is 24.3 Å². The number of rotatable bonds is 3. The van der Waals surface area contributed by atoms with Gasteiger partial charge in [-0.2, -0.15) is 0 Å². The molecule has 1 heterocycles. The lowest BCUT2D eigenvalue weighted by Crippen LogP contribution is -2.49. The number of hydrogen-bond donors (Lipinski definition) is 2. The number of carbonyl (C=O) groups is 2. The van der Waals surface area contributed by atoms with Crippen molar-refractivity contribution in [2.45, 2.75) is 0 Å². The van der Waals surface area contributed by atoms with Crippen LogP contribution in [0.5, 0.6) is 0 Å². The number of hydrogen-bond acceptors (Lipinski definition) is 3. The fourth-order valence-electron chi connectivity index (χ4n) is 1.89. The van der Waals surface area contributed by atoms with Crippen LogP contribution in [0.1, 0.15) is 10.4 Å². The molecule has 0 aromatic heterocycles. The molecule has 19 heavy (non-hydrogen) atoms. The van der Waals surface area contributed by atoms with Gasteiger partial charge in [0.05, 0.1) is 6.54 Å². The number of nitrogens with zero attached hydrogens (tertiary/aromatic N) is 1. The fourth-order valence-corrected chi connectivity index (χ4v) is 2.24. The molecule has 6 heteroatoms. The van der Waals surface area contributed by atoms with Crippen LogP contribution in [0, 0.1) is 3.57 Å². The van der Waals surface area contributed by atoms with E-state index in [0.717, 1.165) is 16.7 Å². The molecule has 0 radical (unpaired) electrons. The Morgan fingerprint density at radius 2 is 1.84 bits per heavy atom. The van der Waals surface area contributed by atoms with Crippen LogP contribution in [0.25, 0.3) is 0 Å². The van der Waals surface area contributed by atoms with Crippen LogP contribution in [0.2, 0.25) is 0 Å². The van der Waals surface area contributed by atoms with Crippen molar-refractivity contribution in [2.75, 3.05) is 32.7 Å². The molecule has 1 aromatic carbocycles. The van der Waals surface area contributed by atoms with Crippen LogP contribution in [-0.4, -0.2) is 49.4 Å². The highest BCUT2D eigenvalue weighted by Crippen LogP contribution is 2.06. The molecular formula is C13H16IN3O2. The summed E-state index contributed by atoms with van der Waals surface area (Å²) in [6.45, 7) is 3.11. The summed E-state index contributed by atoms with van der Waals surface area (Å²) in [4.78, 5) is 25.5. The number of nitrogens with one attached hydrogen (secondary N) is 2. The molecule has 0 unspecified atom stereocenters. The topological polar surface area (TPSA) is 61.4 Å². The van der Waals surface area contributed by atoms with E-state index < -0.39 is 0 Å². The van der Waals surface area contributed by atoms with Gasteiger partial charge in [0.15, 0.2) is 0 Å². The molecule has 2 rings (SSSR count). The molecule has 2 N–H and O–H groups in total. The number of benzene rings is 1. The summed E-state index contributed by atoms with van der Waals surface area (Å²) in [6, 6.07) is 7.25. The Hall–Kier alpha value is -1.15. The molecule has 1 aliphatic rings. The molecule has 102 valence electrons. The SMILES string of the molecule is O=C(NCC(=O)N1CCNCC1)c1ccc(I)cc1. The quantitative estimate of drug-likeness (QED) is 0.757. The highest BCUT2D eigenvalue weighted by atomic mass is 127. The van der Waals surface area contributed by atoms with Gasteiger partial charge in [0, 0.05) is 35.3 Å². The van der Waals surface area contributed by atoms with Crippen molar-refractivity contribution < 1.29 is 9.59 Å². The maximum Gasteiger partial charge on any atom is 0.251 e. The minimum Gasteiger partial charge on any atom is -0.343 e. The van der Waals surface area contributed by atoms with Crippen molar-refractivity contribution in [2.24, 2.45) is 0 Å². The van der Waals surface area contributed by atoms with Crippen LogP contribution in [0.3, 0.4) is 0 Å². The molecule has 0 bridgehead atoms. The molecule has 2 amide bonds. The first-order valence-electron chi connectivity index (χ1n) is 6.19. The van der Waals surface area contributed by atoms with E-state index in [4.69, 9.17) is 0 Å². The van der Waals surface area contributed by atoms with Gasteiger partial charge in [0.25, 0.3) is 5.91 Å². The van der Waals surface area contributed by atoms with E-state index in [9.17, 15) is 9.59 Å². The monoisotopic (exact) mass is 373 g/mol. The van der Waals surface area contributed by atoms with E-state index >= 15 is 0 Å². The van der Waals surface area contributed by atoms with Gasteiger partial charge in [-0.15, -0.1) is 0 Å². The van der Waals surface area contributed by atoms with E-state index in [1.807, 2.05) is 12.1 Å². The third-order valence-electron chi connectivity index (χ3n) is 2.98. The maximum atomic E-state index is 11.9. The number of carbonyl (C=O) groups excluding carboxylic acids is 2. The van der Waals surface area contributed by atoms with E-state index in [-0.39, 0.29) is 18.4 Å². The summed E-state index contributed by atoms with van der Waals surface area (Å²) in [5.41, 5.74) is 0.577. The Balaban J connectivity index is 1.82. The summed E-state index contributed by atoms with van der Waals surface area (Å²) >= 11 is 2.18. The molecular weight excluding hydrogens is 357 g/mol. The van der Waals surface area contributed by atoms with Gasteiger partial charge in [0.1, 0.15) is 0 Å². The molecule has 0 atom stereocenters. The van der Waals surface area contributed by atoms with Gasteiger partial charge in [-0.1, -0.05) is 0 Å². The molecule has 0 saturated carbocycles. The molecule has 0 spiro atoms. The maximum absolute atomic E-state index is 11.9. The van der Waals surface area contributed by atoms with Crippen molar-refractivity contribution in [3.05, 3.63) is 33.4 Å². The number of piperazine rings is 1. The van der Waals surface area contributed by atoms with Gasteiger partial charge < -0.3 is 15.5 Å². The lowest BCUT2D eigenvalue weighted by Gasteiger charge is -2.27. The average Bonchev–Trinajstić information content (AvgIpc) is 2.46. The summed E-state index contributed by atoms with van der Waals surface area (Å²) in [6.07, 6.45) is 0. The van der Waals surface area contributed by atoms with Gasteiger partial charge in [-0.25, -0.2) is 0 Å². The molecule has 1 aliphatic heterocycles. The number of halogens is 1. The first kappa shape index (κ1) is 14.3. The summed E-state index contributed by atoms with van der Waals surface area (Å²) in [5.74, 6) is -0.236. The van der Waals surface area contributed by atoms with E-state index in [1.54, 1.807) is 17.0 Å². The first-order chi connectivity index (χ1) is 9.16. The predicted octanol–water partition coefficient (Wildman–Crippen LogP) is 0.453. The van der Waals surface area contributed by atoms with Crippen molar-refractivity contribution >= 4 is 34.4 Å². The Morgan fingerprint density at radius 1 is 1.21 bits per heavy atom. The van der Waals surface area contributed by atoms with Crippen LogP contribution in [-0.2, 0) is 4.79 Å². The highest BCUT2D eigenvalue weighted by molar-refractivity contribution is 14.1. The van der Waals surface area contributed by atoms with Crippen molar-refractivity contribution in [1.29, 1.82) is 0 Å². The molecule has 1 saturated heterocycles. The Labute approximate surface area is 125 Å². The van der Waals surface area contributed by atoms with Crippen molar-refractivity contribution in [1.82, 2.24) is 15.5 Å². The second-order valence-electron chi connectivity index (χ2n) is 4.32. The van der Waals surface area contributed by atoms with Crippen LogP contribution < -0.4 is 10.6 Å². The Morgan fingerprint density at radius 3 is 2.47 bits per heavy atom. The average molecular weight is 373 g/mol. The highest BCUT2D eigenvalue weighted by Gasteiger charge is 2.16. The van der Waals surface area contributed by atoms with E-state index in [2.05, 4.69) is 33.2 Å². The zero-order valence-electron chi connectivity index (χ0n) is 10.5. The van der Waals surface area contributed by atoms with Gasteiger partial charge in [0.2, 0.25) is 5.91 Å². The van der Waals surface area contributed by atoms with Gasteiger partial charge in [-0.3, -0.25) is 9.59 Å². The predicted molar refractivity (Wildman–Crippen MR) is 80.9 cm³/mol. The number of amides is 2. The lowest BCUT2D eigenvalue weighted by atomic mass is 10.2. The largest absolute Gasteiger partial charge is 0.343 e. The second kappa shape index (κ2) is 6.85. The minimum atomic E-state index is -0.208. The third kappa shape index (κ3) is 4.17. The fraction of sp³-hybridized carbons (Fsp3) is 0.385.